The molecule has 0 spiro atoms. The van der Waals surface area contributed by atoms with Crippen LogP contribution in [-0.2, 0) is 29.1 Å². The van der Waals surface area contributed by atoms with Crippen molar-refractivity contribution in [2.45, 2.75) is 51.2 Å². The first kappa shape index (κ1) is 32.3. The van der Waals surface area contributed by atoms with Crippen molar-refractivity contribution in [2.75, 3.05) is 13.7 Å². The van der Waals surface area contributed by atoms with Crippen LogP contribution < -0.4 is 4.74 Å². The summed E-state index contributed by atoms with van der Waals surface area (Å²) in [5.74, 6) is -0.964. The fourth-order valence-electron chi connectivity index (χ4n) is 7.20. The highest BCUT2D eigenvalue weighted by Gasteiger charge is 2.57. The molecule has 5 aromatic rings. The minimum atomic E-state index is -1.16. The molecule has 1 saturated carbocycles. The van der Waals surface area contributed by atoms with Crippen LogP contribution in [-0.4, -0.2) is 49.6 Å². The van der Waals surface area contributed by atoms with Gasteiger partial charge in [-0.25, -0.2) is 23.1 Å². The second kappa shape index (κ2) is 12.7. The smallest absolute Gasteiger partial charge is 0.219 e. The summed E-state index contributed by atoms with van der Waals surface area (Å²) in [7, 11) is 1.40. The lowest BCUT2D eigenvalue weighted by atomic mass is 9.73. The monoisotopic (exact) mass is 667 g/mol. The van der Waals surface area contributed by atoms with Crippen molar-refractivity contribution in [1.29, 1.82) is 5.26 Å². The van der Waals surface area contributed by atoms with Gasteiger partial charge in [0.1, 0.15) is 29.9 Å². The number of fused-ring (bicyclic) bond motifs is 2. The van der Waals surface area contributed by atoms with Crippen LogP contribution in [0.2, 0.25) is 0 Å². The Labute approximate surface area is 280 Å². The van der Waals surface area contributed by atoms with Gasteiger partial charge in [-0.05, 0) is 66.8 Å². The first-order valence-corrected chi connectivity index (χ1v) is 15.8. The van der Waals surface area contributed by atoms with Crippen molar-refractivity contribution >= 4 is 16.9 Å². The van der Waals surface area contributed by atoms with Crippen molar-refractivity contribution in [3.63, 3.8) is 0 Å². The number of hydrogen-bond donors (Lipinski definition) is 1. The lowest BCUT2D eigenvalue weighted by molar-refractivity contribution is -0.133. The van der Waals surface area contributed by atoms with Gasteiger partial charge >= 0.3 is 0 Å². The predicted octanol–water partition coefficient (Wildman–Crippen LogP) is 6.21. The molecule has 2 aliphatic heterocycles. The van der Waals surface area contributed by atoms with E-state index in [-0.39, 0.29) is 52.8 Å². The highest BCUT2D eigenvalue weighted by Crippen LogP contribution is 2.52. The topological polar surface area (TPSA) is 114 Å². The van der Waals surface area contributed by atoms with Gasteiger partial charge in [0.05, 0.1) is 33.9 Å². The quantitative estimate of drug-likeness (QED) is 0.176. The molecule has 49 heavy (non-hydrogen) atoms. The molecule has 1 amide bonds. The number of nitriles is 1. The SMILES string of the molecule is COC(O)c1ccc2nc(Cc3cc(F)c(-c4cccc(OCc5ccc(C#N)cc5F)n4)cc3F)n(CC34CC(CN3C(C)=O)C4)c2c1. The maximum atomic E-state index is 15.8. The number of amides is 1. The van der Waals surface area contributed by atoms with E-state index < -0.39 is 29.3 Å². The molecule has 3 aliphatic rings. The van der Waals surface area contributed by atoms with Gasteiger partial charge in [0.2, 0.25) is 11.8 Å². The van der Waals surface area contributed by atoms with Crippen molar-refractivity contribution < 1.29 is 32.5 Å². The molecule has 2 saturated heterocycles. The van der Waals surface area contributed by atoms with Gasteiger partial charge < -0.3 is 24.0 Å². The molecule has 2 aromatic heterocycles. The molecule has 2 bridgehead atoms. The standard InChI is InChI=1S/C37H32F3N5O4/c1-21(46)45-18-23-15-37(45,16-23)20-44-33-12-24(36(47)48-2)8-9-32(33)42-34(44)13-26-11-30(40)27(14-29(26)39)31-4-3-5-35(43-31)49-19-25-7-6-22(17-41)10-28(25)38/h3-12,14,23,36,47H,13,15-16,18-20H2,1-2H3. The molecule has 12 heteroatoms. The number of pyridine rings is 1. The third-order valence-corrected chi connectivity index (χ3v) is 9.58. The normalized spacial score (nSPS) is 18.7. The summed E-state index contributed by atoms with van der Waals surface area (Å²) in [5.41, 5.74) is 1.95. The van der Waals surface area contributed by atoms with Gasteiger partial charge in [-0.2, -0.15) is 5.26 Å². The Hall–Kier alpha value is -5.25. The Bertz CT molecular complexity index is 2140. The number of carbonyl (C=O) groups is 1. The Balaban J connectivity index is 1.18. The van der Waals surface area contributed by atoms with Gasteiger partial charge in [-0.3, -0.25) is 4.79 Å². The Morgan fingerprint density at radius 2 is 1.84 bits per heavy atom. The fraction of sp³-hybridized carbons (Fsp3) is 0.297. The molecule has 3 fully saturated rings. The molecule has 1 atom stereocenters. The van der Waals surface area contributed by atoms with E-state index in [1.165, 1.54) is 31.4 Å². The summed E-state index contributed by atoms with van der Waals surface area (Å²) < 4.78 is 58.5. The molecule has 0 radical (unpaired) electrons. The van der Waals surface area contributed by atoms with Crippen molar-refractivity contribution in [2.24, 2.45) is 5.92 Å². The molecule has 3 aromatic carbocycles. The lowest BCUT2D eigenvalue weighted by Gasteiger charge is -2.42. The van der Waals surface area contributed by atoms with Crippen LogP contribution in [0.3, 0.4) is 0 Å². The van der Waals surface area contributed by atoms with Crippen molar-refractivity contribution in [3.05, 3.63) is 112 Å². The first-order chi connectivity index (χ1) is 23.6. The molecule has 250 valence electrons. The zero-order chi connectivity index (χ0) is 34.4. The number of methoxy groups -OCH3 is 1. The second-order valence-corrected chi connectivity index (χ2v) is 12.7. The van der Waals surface area contributed by atoms with E-state index in [0.29, 0.717) is 41.4 Å². The van der Waals surface area contributed by atoms with Crippen LogP contribution in [0.1, 0.15) is 54.1 Å². The number of halogens is 3. The third-order valence-electron chi connectivity index (χ3n) is 9.58. The van der Waals surface area contributed by atoms with Gasteiger partial charge in [-0.1, -0.05) is 18.2 Å². The fourth-order valence-corrected chi connectivity index (χ4v) is 7.20. The van der Waals surface area contributed by atoms with Gasteiger partial charge in [0.25, 0.3) is 0 Å². The first-order valence-electron chi connectivity index (χ1n) is 15.8. The van der Waals surface area contributed by atoms with Crippen LogP contribution in [0.5, 0.6) is 5.88 Å². The predicted molar refractivity (Wildman–Crippen MR) is 172 cm³/mol. The number of nitrogens with zero attached hydrogens (tertiary/aromatic N) is 5. The molecule has 9 nitrogen and oxygen atoms in total. The van der Waals surface area contributed by atoms with Gasteiger partial charge in [0.15, 0.2) is 6.29 Å². The molecule has 8 rings (SSSR count). The van der Waals surface area contributed by atoms with Gasteiger partial charge in [0, 0.05) is 56.3 Å². The average molecular weight is 668 g/mol. The number of aromatic nitrogens is 3. The maximum Gasteiger partial charge on any atom is 0.219 e. The highest BCUT2D eigenvalue weighted by molar-refractivity contribution is 5.78. The zero-order valence-electron chi connectivity index (χ0n) is 26.8. The molecule has 4 heterocycles. The maximum absolute atomic E-state index is 15.8. The van der Waals surface area contributed by atoms with Crippen LogP contribution in [0.4, 0.5) is 13.2 Å². The molecule has 1 aliphatic carbocycles. The van der Waals surface area contributed by atoms with Crippen molar-refractivity contribution in [1.82, 2.24) is 19.4 Å². The van der Waals surface area contributed by atoms with E-state index in [9.17, 15) is 14.3 Å². The summed E-state index contributed by atoms with van der Waals surface area (Å²) in [4.78, 5) is 23.6. The Morgan fingerprint density at radius 1 is 1.04 bits per heavy atom. The van der Waals surface area contributed by atoms with Crippen LogP contribution >= 0.6 is 0 Å². The summed E-state index contributed by atoms with van der Waals surface area (Å²) in [6.07, 6.45) is 0.507. The van der Waals surface area contributed by atoms with E-state index in [2.05, 4.69) is 4.98 Å². The number of ether oxygens (including phenoxy) is 2. The summed E-state index contributed by atoms with van der Waals surface area (Å²) in [6.45, 7) is 2.50. The van der Waals surface area contributed by atoms with Crippen LogP contribution in [0, 0.1) is 34.7 Å². The number of aliphatic hydroxyl groups is 1. The molecular weight excluding hydrogens is 635 g/mol. The second-order valence-electron chi connectivity index (χ2n) is 12.7. The van der Waals surface area contributed by atoms with E-state index >= 15 is 8.78 Å². The number of imidazole rings is 1. The Morgan fingerprint density at radius 3 is 2.57 bits per heavy atom. The Kier molecular flexibility index (Phi) is 8.34. The third kappa shape index (κ3) is 6.00. The number of carbonyl (C=O) groups excluding carboxylic acids is 1. The van der Waals surface area contributed by atoms with E-state index in [1.807, 2.05) is 15.5 Å². The number of rotatable bonds is 10. The summed E-state index contributed by atoms with van der Waals surface area (Å²) in [6, 6.07) is 18.0. The van der Waals surface area contributed by atoms with Crippen LogP contribution in [0.15, 0.2) is 66.7 Å². The minimum absolute atomic E-state index is 0.00494. The van der Waals surface area contributed by atoms with Crippen LogP contribution in [0.25, 0.3) is 22.3 Å². The van der Waals surface area contributed by atoms with E-state index in [0.717, 1.165) is 31.0 Å². The number of aliphatic hydroxyl groups excluding tert-OH is 1. The zero-order valence-corrected chi connectivity index (χ0v) is 26.8. The molecular formula is C37H32F3N5O4. The molecule has 1 unspecified atom stereocenters. The summed E-state index contributed by atoms with van der Waals surface area (Å²) in [5, 5.41) is 19.3. The largest absolute Gasteiger partial charge is 0.473 e. The number of benzene rings is 3. The van der Waals surface area contributed by atoms with Gasteiger partial charge in [-0.15, -0.1) is 0 Å². The minimum Gasteiger partial charge on any atom is -0.473 e. The lowest BCUT2D eigenvalue weighted by Crippen LogP contribution is -2.51. The summed E-state index contributed by atoms with van der Waals surface area (Å²) >= 11 is 0. The average Bonchev–Trinajstić information content (AvgIpc) is 3.75. The van der Waals surface area contributed by atoms with E-state index in [1.54, 1.807) is 31.2 Å². The van der Waals surface area contributed by atoms with E-state index in [4.69, 9.17) is 19.7 Å². The highest BCUT2D eigenvalue weighted by atomic mass is 19.1. The number of hydrogen-bond acceptors (Lipinski definition) is 7. The molecule has 1 N–H and O–H groups in total. The van der Waals surface area contributed by atoms with Crippen molar-refractivity contribution in [3.8, 4) is 23.2 Å².